The van der Waals surface area contributed by atoms with Crippen LogP contribution >= 0.6 is 0 Å². The topological polar surface area (TPSA) is 98.1 Å². The molecule has 2 aromatic heterocycles. The lowest BCUT2D eigenvalue weighted by atomic mass is 10.0. The van der Waals surface area contributed by atoms with Crippen LogP contribution in [0, 0.1) is 0 Å². The van der Waals surface area contributed by atoms with Crippen LogP contribution in [-0.4, -0.2) is 33.0 Å². The van der Waals surface area contributed by atoms with E-state index in [-0.39, 0.29) is 30.5 Å². The van der Waals surface area contributed by atoms with Gasteiger partial charge in [-0.2, -0.15) is 0 Å². The first-order chi connectivity index (χ1) is 16.1. The lowest BCUT2D eigenvalue weighted by Gasteiger charge is -2.21. The molecule has 0 spiro atoms. The van der Waals surface area contributed by atoms with Crippen molar-refractivity contribution in [1.29, 1.82) is 0 Å². The van der Waals surface area contributed by atoms with Gasteiger partial charge in [-0.15, -0.1) is 0 Å². The Morgan fingerprint density at radius 1 is 1.00 bits per heavy atom. The zero-order valence-corrected chi connectivity index (χ0v) is 19.0. The van der Waals surface area contributed by atoms with Crippen LogP contribution < -0.4 is 10.6 Å². The molecule has 1 aromatic carbocycles. The molecule has 2 atom stereocenters. The van der Waals surface area contributed by atoms with E-state index in [1.165, 1.54) is 0 Å². The first-order valence-electron chi connectivity index (χ1n) is 11.4. The maximum absolute atomic E-state index is 13.3. The Morgan fingerprint density at radius 3 is 2.39 bits per heavy atom. The summed E-state index contributed by atoms with van der Waals surface area (Å²) in [5.74, 6) is 0.0910. The fourth-order valence-electron chi connectivity index (χ4n) is 4.12. The minimum Gasteiger partial charge on any atom is -0.373 e. The summed E-state index contributed by atoms with van der Waals surface area (Å²) in [6, 6.07) is 12.9. The molecular weight excluding hydrogens is 418 g/mol. The molecule has 3 heterocycles. The van der Waals surface area contributed by atoms with Gasteiger partial charge in [0.1, 0.15) is 11.5 Å². The van der Waals surface area contributed by atoms with Gasteiger partial charge in [0.15, 0.2) is 0 Å². The zero-order chi connectivity index (χ0) is 23.2. The molecule has 33 heavy (non-hydrogen) atoms. The van der Waals surface area contributed by atoms with Crippen LogP contribution in [0.5, 0.6) is 0 Å². The van der Waals surface area contributed by atoms with E-state index in [4.69, 9.17) is 4.74 Å². The van der Waals surface area contributed by atoms with Crippen LogP contribution in [0.3, 0.4) is 0 Å². The molecule has 2 amide bonds. The molecule has 0 saturated heterocycles. The number of hydrogen-bond acceptors (Lipinski definition) is 5. The highest BCUT2D eigenvalue weighted by molar-refractivity contribution is 6.01. The summed E-state index contributed by atoms with van der Waals surface area (Å²) >= 11 is 0. The molecule has 4 rings (SSSR count). The second kappa shape index (κ2) is 10.4. The highest BCUT2D eigenvalue weighted by Crippen LogP contribution is 2.24. The number of fused-ring (bicyclic) bond motifs is 1. The molecule has 1 aliphatic heterocycles. The van der Waals surface area contributed by atoms with Crippen LogP contribution in [-0.2, 0) is 17.9 Å². The molecule has 2 N–H and O–H groups in total. The van der Waals surface area contributed by atoms with Gasteiger partial charge in [-0.1, -0.05) is 44.2 Å². The summed E-state index contributed by atoms with van der Waals surface area (Å²) in [7, 11) is 0. The number of carbonyl (C=O) groups excluding carboxylic acids is 2. The normalized spacial score (nSPS) is 14.7. The van der Waals surface area contributed by atoms with Crippen LogP contribution in [0.2, 0.25) is 0 Å². The van der Waals surface area contributed by atoms with Crippen LogP contribution in [0.15, 0.2) is 54.9 Å². The van der Waals surface area contributed by atoms with Crippen molar-refractivity contribution >= 4 is 11.8 Å². The Kier molecular flexibility index (Phi) is 7.14. The smallest absolute Gasteiger partial charge is 0.268 e. The molecule has 0 saturated carbocycles. The minimum absolute atomic E-state index is 0.110. The van der Waals surface area contributed by atoms with Gasteiger partial charge in [0.05, 0.1) is 36.6 Å². The number of benzene rings is 1. The van der Waals surface area contributed by atoms with Crippen molar-refractivity contribution in [2.75, 3.05) is 6.61 Å². The number of rotatable bonds is 8. The lowest BCUT2D eigenvalue weighted by molar-refractivity contribution is 0.0773. The molecule has 3 aromatic rings. The lowest BCUT2D eigenvalue weighted by Crippen LogP contribution is -2.31. The first kappa shape index (κ1) is 22.7. The van der Waals surface area contributed by atoms with Crippen LogP contribution in [0.4, 0.5) is 0 Å². The second-order valence-electron chi connectivity index (χ2n) is 7.98. The molecule has 0 fully saturated rings. The van der Waals surface area contributed by atoms with Crippen molar-refractivity contribution in [2.24, 2.45) is 0 Å². The highest BCUT2D eigenvalue weighted by atomic mass is 16.5. The highest BCUT2D eigenvalue weighted by Gasteiger charge is 2.28. The SMILES string of the molecule is CC[C@@H](NC(=O)c1cc(C(=O)N[C@H](CC)c2ncccn2)c2n1CCOC2)c1ccccc1. The van der Waals surface area contributed by atoms with E-state index in [9.17, 15) is 9.59 Å². The maximum Gasteiger partial charge on any atom is 0.268 e. The Morgan fingerprint density at radius 2 is 1.70 bits per heavy atom. The third-order valence-electron chi connectivity index (χ3n) is 5.91. The average molecular weight is 448 g/mol. The van der Waals surface area contributed by atoms with Crippen LogP contribution in [0.25, 0.3) is 0 Å². The third-order valence-corrected chi connectivity index (χ3v) is 5.91. The molecule has 172 valence electrons. The van der Waals surface area contributed by atoms with Gasteiger partial charge >= 0.3 is 0 Å². The molecule has 0 unspecified atom stereocenters. The average Bonchev–Trinajstić information content (AvgIpc) is 3.26. The number of carbonyl (C=O) groups is 2. The van der Waals surface area contributed by atoms with Crippen molar-refractivity contribution < 1.29 is 14.3 Å². The van der Waals surface area contributed by atoms with Crippen molar-refractivity contribution in [3.63, 3.8) is 0 Å². The molecule has 0 aliphatic carbocycles. The van der Waals surface area contributed by atoms with E-state index in [2.05, 4.69) is 20.6 Å². The van der Waals surface area contributed by atoms with Gasteiger partial charge in [0.2, 0.25) is 0 Å². The summed E-state index contributed by atoms with van der Waals surface area (Å²) in [5.41, 5.74) is 2.67. The third kappa shape index (κ3) is 4.96. The number of nitrogens with zero attached hydrogens (tertiary/aromatic N) is 3. The summed E-state index contributed by atoms with van der Waals surface area (Å²) in [5, 5.41) is 6.14. The molecule has 8 nitrogen and oxygen atoms in total. The second-order valence-corrected chi connectivity index (χ2v) is 7.98. The van der Waals surface area contributed by atoms with Crippen molar-refractivity contribution in [3.05, 3.63) is 83.2 Å². The number of aromatic nitrogens is 3. The number of ether oxygens (including phenoxy) is 1. The molecule has 8 heteroatoms. The van der Waals surface area contributed by atoms with Crippen LogP contribution in [0.1, 0.15) is 76.7 Å². The summed E-state index contributed by atoms with van der Waals surface area (Å²) in [6.07, 6.45) is 4.72. The Balaban J connectivity index is 1.58. The minimum atomic E-state index is -0.321. The van der Waals surface area contributed by atoms with Crippen molar-refractivity contribution in [1.82, 2.24) is 25.2 Å². The van der Waals surface area contributed by atoms with Gasteiger partial charge in [0.25, 0.3) is 11.8 Å². The van der Waals surface area contributed by atoms with E-state index in [1.807, 2.05) is 48.7 Å². The fraction of sp³-hybridized carbons (Fsp3) is 0.360. The predicted octanol–water partition coefficient (Wildman–Crippen LogP) is 3.57. The fourth-order valence-corrected chi connectivity index (χ4v) is 4.12. The van der Waals surface area contributed by atoms with Crippen molar-refractivity contribution in [3.8, 4) is 0 Å². The summed E-state index contributed by atoms with van der Waals surface area (Å²) in [4.78, 5) is 35.0. The molecule has 0 radical (unpaired) electrons. The first-order valence-corrected chi connectivity index (χ1v) is 11.4. The quantitative estimate of drug-likeness (QED) is 0.550. The van der Waals surface area contributed by atoms with Gasteiger partial charge < -0.3 is 19.9 Å². The molecular formula is C25H29N5O3. The van der Waals surface area contributed by atoms with E-state index in [0.717, 1.165) is 12.0 Å². The summed E-state index contributed by atoms with van der Waals surface area (Å²) in [6.45, 7) is 5.30. The van der Waals surface area contributed by atoms with Gasteiger partial charge in [-0.25, -0.2) is 9.97 Å². The predicted molar refractivity (Wildman–Crippen MR) is 124 cm³/mol. The monoisotopic (exact) mass is 447 g/mol. The Labute approximate surface area is 193 Å². The zero-order valence-electron chi connectivity index (χ0n) is 19.0. The van der Waals surface area contributed by atoms with Gasteiger partial charge in [-0.3, -0.25) is 9.59 Å². The Bertz CT molecular complexity index is 1010. The number of nitrogens with one attached hydrogen (secondary N) is 2. The largest absolute Gasteiger partial charge is 0.373 e. The van der Waals surface area contributed by atoms with Gasteiger partial charge in [0, 0.05) is 18.9 Å². The standard InChI is InChI=1S/C25H29N5O3/c1-3-19(17-9-6-5-7-10-17)28-25(32)21-15-18(22-16-33-14-13-30(21)22)24(31)29-20(4-2)23-26-11-8-12-27-23/h5-12,15,19-20H,3-4,13-14,16H2,1-2H3,(H,28,32)(H,29,31)/t19-,20-/m1/s1. The molecule has 1 aliphatic rings. The van der Waals surface area contributed by atoms with E-state index < -0.39 is 0 Å². The number of hydrogen-bond donors (Lipinski definition) is 2. The van der Waals surface area contributed by atoms with E-state index >= 15 is 0 Å². The Hall–Kier alpha value is -3.52. The van der Waals surface area contributed by atoms with Gasteiger partial charge in [-0.05, 0) is 30.5 Å². The van der Waals surface area contributed by atoms with Crippen molar-refractivity contribution in [2.45, 2.75) is 51.9 Å². The molecule has 0 bridgehead atoms. The van der Waals surface area contributed by atoms with E-state index in [1.54, 1.807) is 24.5 Å². The van der Waals surface area contributed by atoms with E-state index in [0.29, 0.717) is 42.3 Å². The maximum atomic E-state index is 13.3. The summed E-state index contributed by atoms with van der Waals surface area (Å²) < 4.78 is 7.50. The number of amides is 2.